The van der Waals surface area contributed by atoms with E-state index in [1.807, 2.05) is 27.0 Å². The minimum Gasteiger partial charge on any atom is -0.444 e. The summed E-state index contributed by atoms with van der Waals surface area (Å²) in [6.45, 7) is 18.7. The Hall–Kier alpha value is -1.99. The lowest BCUT2D eigenvalue weighted by Crippen LogP contribution is -2.50. The average molecular weight is 663 g/mol. The fourth-order valence-corrected chi connectivity index (χ4v) is 4.03. The zero-order valence-electron chi connectivity index (χ0n) is 28.2. The third-order valence-electron chi connectivity index (χ3n) is 6.37. The van der Waals surface area contributed by atoms with Crippen molar-refractivity contribution in [2.45, 2.75) is 39.5 Å². The summed E-state index contributed by atoms with van der Waals surface area (Å²) in [6, 6.07) is 0. The van der Waals surface area contributed by atoms with Crippen molar-refractivity contribution in [3.05, 3.63) is 11.9 Å². The molecule has 1 aliphatic heterocycles. The van der Waals surface area contributed by atoms with Crippen molar-refractivity contribution < 1.29 is 47.4 Å². The van der Waals surface area contributed by atoms with Crippen LogP contribution < -0.4 is 5.73 Å². The normalized spacial score (nSPS) is 14.3. The van der Waals surface area contributed by atoms with Crippen LogP contribution in [-0.2, 0) is 55.8 Å². The molecule has 1 fully saturated rings. The summed E-state index contributed by atoms with van der Waals surface area (Å²) in [5.41, 5.74) is 5.64. The smallest absolute Gasteiger partial charge is 0.410 e. The van der Waals surface area contributed by atoms with E-state index in [4.69, 9.17) is 48.4 Å². The van der Waals surface area contributed by atoms with Crippen LogP contribution in [0.4, 0.5) is 4.79 Å². The van der Waals surface area contributed by atoms with Crippen LogP contribution in [0.1, 0.15) is 26.5 Å². The Morgan fingerprint density at radius 2 is 1.13 bits per heavy atom. The van der Waals surface area contributed by atoms with E-state index in [1.165, 1.54) is 0 Å². The number of nitrogens with zero attached hydrogens (tertiary/aromatic N) is 5. The lowest BCUT2D eigenvalue weighted by Gasteiger charge is -2.35. The maximum Gasteiger partial charge on any atom is 0.410 e. The van der Waals surface area contributed by atoms with Crippen molar-refractivity contribution in [2.24, 2.45) is 5.73 Å². The van der Waals surface area contributed by atoms with Gasteiger partial charge in [-0.05, 0) is 20.8 Å². The van der Waals surface area contributed by atoms with Gasteiger partial charge in [0.25, 0.3) is 0 Å². The number of hydrogen-bond acceptors (Lipinski definition) is 14. The molecule has 1 aromatic rings. The van der Waals surface area contributed by atoms with E-state index in [9.17, 15) is 4.79 Å². The van der Waals surface area contributed by atoms with Crippen molar-refractivity contribution in [2.75, 3.05) is 138 Å². The van der Waals surface area contributed by atoms with Gasteiger partial charge in [0.15, 0.2) is 0 Å². The number of carbonyl (C=O) groups excluding carboxylic acids is 1. The maximum atomic E-state index is 12.2. The molecule has 0 bridgehead atoms. The highest BCUT2D eigenvalue weighted by Gasteiger charge is 2.25. The molecule has 0 atom stereocenters. The van der Waals surface area contributed by atoms with Crippen molar-refractivity contribution in [3.63, 3.8) is 0 Å². The van der Waals surface area contributed by atoms with E-state index in [-0.39, 0.29) is 6.09 Å². The molecule has 0 saturated carbocycles. The first kappa shape index (κ1) is 40.2. The van der Waals surface area contributed by atoms with Gasteiger partial charge >= 0.3 is 6.09 Å². The third kappa shape index (κ3) is 21.7. The second-order valence-corrected chi connectivity index (χ2v) is 11.4. The minimum atomic E-state index is -0.476. The fraction of sp³-hybridized carbons (Fsp3) is 0.900. The minimum absolute atomic E-state index is 0.247. The Kier molecular flexibility index (Phi) is 22.7. The predicted octanol–water partition coefficient (Wildman–Crippen LogP) is 0.422. The summed E-state index contributed by atoms with van der Waals surface area (Å²) in [5.74, 6) is 0. The van der Waals surface area contributed by atoms with E-state index in [1.54, 1.807) is 9.58 Å². The average Bonchev–Trinajstić information content (AvgIpc) is 3.48. The van der Waals surface area contributed by atoms with Crippen LogP contribution in [0.2, 0.25) is 0 Å². The Balaban J connectivity index is 1.30. The SMILES string of the molecule is CC(C)(C)OC(=O)N1CCN(CCOCc2cn(CCOCCOCCOCCOCCOCCOCCOCCN)nn2)CC1. The number of amides is 1. The van der Waals surface area contributed by atoms with Crippen molar-refractivity contribution in [1.82, 2.24) is 24.8 Å². The Morgan fingerprint density at radius 3 is 1.61 bits per heavy atom. The first-order valence-corrected chi connectivity index (χ1v) is 16.3. The van der Waals surface area contributed by atoms with Crippen LogP contribution in [0.25, 0.3) is 0 Å². The third-order valence-corrected chi connectivity index (χ3v) is 6.37. The highest BCUT2D eigenvalue weighted by Crippen LogP contribution is 2.12. The molecule has 46 heavy (non-hydrogen) atoms. The molecule has 2 rings (SSSR count). The topological polar surface area (TPSA) is 163 Å². The maximum absolute atomic E-state index is 12.2. The van der Waals surface area contributed by atoms with Gasteiger partial charge in [-0.25, -0.2) is 9.48 Å². The molecular weight excluding hydrogens is 604 g/mol. The number of carbonyl (C=O) groups is 1. The van der Waals surface area contributed by atoms with Gasteiger partial charge in [0.2, 0.25) is 0 Å². The van der Waals surface area contributed by atoms with E-state index >= 15 is 0 Å². The summed E-state index contributed by atoms with van der Waals surface area (Å²) in [5, 5.41) is 8.29. The standard InChI is InChI=1S/C30H58N6O10/c1-30(2,3)46-29(37)35-7-5-34(6-8-35)9-12-45-27-28-26-36(33-32-28)10-13-39-15-17-41-19-21-43-23-25-44-24-22-42-20-18-40-16-14-38-11-4-31/h26H,4-25,27,31H2,1-3H3. The molecule has 0 spiro atoms. The Labute approximate surface area is 273 Å². The van der Waals surface area contributed by atoms with Gasteiger partial charge < -0.3 is 53.3 Å². The van der Waals surface area contributed by atoms with Crippen LogP contribution >= 0.6 is 0 Å². The Morgan fingerprint density at radius 1 is 0.674 bits per heavy atom. The van der Waals surface area contributed by atoms with E-state index < -0.39 is 5.60 Å². The summed E-state index contributed by atoms with van der Waals surface area (Å²) >= 11 is 0. The molecule has 1 aromatic heterocycles. The predicted molar refractivity (Wildman–Crippen MR) is 169 cm³/mol. The second-order valence-electron chi connectivity index (χ2n) is 11.4. The summed E-state index contributed by atoms with van der Waals surface area (Å²) in [4.78, 5) is 16.2. The molecule has 0 radical (unpaired) electrons. The molecule has 0 unspecified atom stereocenters. The van der Waals surface area contributed by atoms with Crippen molar-refractivity contribution in [1.29, 1.82) is 0 Å². The molecule has 268 valence electrons. The lowest BCUT2D eigenvalue weighted by atomic mass is 10.2. The van der Waals surface area contributed by atoms with Gasteiger partial charge in [-0.3, -0.25) is 4.90 Å². The van der Waals surface area contributed by atoms with Gasteiger partial charge in [-0.2, -0.15) is 0 Å². The zero-order valence-corrected chi connectivity index (χ0v) is 28.2. The Bertz CT molecular complexity index is 867. The fourth-order valence-electron chi connectivity index (χ4n) is 4.03. The molecule has 2 N–H and O–H groups in total. The van der Waals surface area contributed by atoms with Crippen LogP contribution in [0, 0.1) is 0 Å². The molecule has 0 aliphatic carbocycles. The molecule has 16 nitrogen and oxygen atoms in total. The van der Waals surface area contributed by atoms with Gasteiger partial charge in [0.05, 0.1) is 118 Å². The molecule has 1 amide bonds. The van der Waals surface area contributed by atoms with Crippen LogP contribution in [0.5, 0.6) is 0 Å². The van der Waals surface area contributed by atoms with E-state index in [0.29, 0.717) is 132 Å². The monoisotopic (exact) mass is 662 g/mol. The molecule has 1 aliphatic rings. The number of nitrogens with two attached hydrogens (primary N) is 1. The molecule has 2 heterocycles. The number of ether oxygens (including phenoxy) is 9. The van der Waals surface area contributed by atoms with Crippen molar-refractivity contribution >= 4 is 6.09 Å². The lowest BCUT2D eigenvalue weighted by molar-refractivity contribution is -0.0205. The summed E-state index contributed by atoms with van der Waals surface area (Å²) in [6.07, 6.45) is 1.62. The second kappa shape index (κ2) is 26.0. The van der Waals surface area contributed by atoms with Crippen molar-refractivity contribution in [3.8, 4) is 0 Å². The van der Waals surface area contributed by atoms with Crippen LogP contribution in [0.3, 0.4) is 0 Å². The summed E-state index contributed by atoms with van der Waals surface area (Å²) < 4.78 is 51.1. The largest absolute Gasteiger partial charge is 0.444 e. The zero-order chi connectivity index (χ0) is 33.1. The highest BCUT2D eigenvalue weighted by molar-refractivity contribution is 5.68. The van der Waals surface area contributed by atoms with Gasteiger partial charge in [-0.15, -0.1) is 5.10 Å². The van der Waals surface area contributed by atoms with Gasteiger partial charge in [0.1, 0.15) is 11.3 Å². The number of rotatable bonds is 28. The molecule has 16 heteroatoms. The van der Waals surface area contributed by atoms with Gasteiger partial charge in [-0.1, -0.05) is 5.21 Å². The quantitative estimate of drug-likeness (QED) is 0.123. The van der Waals surface area contributed by atoms with E-state index in [0.717, 1.165) is 25.3 Å². The van der Waals surface area contributed by atoms with Gasteiger partial charge in [0, 0.05) is 39.3 Å². The highest BCUT2D eigenvalue weighted by atomic mass is 16.6. The molecule has 0 aromatic carbocycles. The first-order chi connectivity index (χ1) is 22.4. The molecule has 1 saturated heterocycles. The van der Waals surface area contributed by atoms with E-state index in [2.05, 4.69) is 15.2 Å². The number of piperazine rings is 1. The van der Waals surface area contributed by atoms with Crippen LogP contribution in [-0.4, -0.2) is 175 Å². The number of aromatic nitrogens is 3. The summed E-state index contributed by atoms with van der Waals surface area (Å²) in [7, 11) is 0. The molecular formula is C30H58N6O10. The van der Waals surface area contributed by atoms with Crippen LogP contribution in [0.15, 0.2) is 6.20 Å². The first-order valence-electron chi connectivity index (χ1n) is 16.3. The number of hydrogen-bond donors (Lipinski definition) is 1.